The first-order valence-electron chi connectivity index (χ1n) is 5.72. The first-order chi connectivity index (χ1) is 8.47. The Hall–Kier alpha value is -2.04. The van der Waals surface area contributed by atoms with Gasteiger partial charge in [-0.3, -0.25) is 9.69 Å². The van der Waals surface area contributed by atoms with Crippen molar-refractivity contribution in [1.82, 2.24) is 0 Å². The Kier molecular flexibility index (Phi) is 4.71. The van der Waals surface area contributed by atoms with Crippen molar-refractivity contribution in [2.75, 3.05) is 11.5 Å². The summed E-state index contributed by atoms with van der Waals surface area (Å²) in [5, 5.41) is 8.98. The number of carboxylic acids is 1. The van der Waals surface area contributed by atoms with Crippen LogP contribution in [-0.4, -0.2) is 29.6 Å². The zero-order valence-electron chi connectivity index (χ0n) is 10.7. The average Bonchev–Trinajstić information content (AvgIpc) is 2.31. The second-order valence-corrected chi connectivity index (χ2v) is 3.83. The first-order valence-corrected chi connectivity index (χ1v) is 5.72. The number of nitrogens with zero attached hydrogens (tertiary/aromatic N) is 1. The summed E-state index contributed by atoms with van der Waals surface area (Å²) in [7, 11) is 0. The van der Waals surface area contributed by atoms with Crippen LogP contribution in [0.3, 0.4) is 0 Å². The van der Waals surface area contributed by atoms with E-state index < -0.39 is 12.0 Å². The fourth-order valence-corrected chi connectivity index (χ4v) is 1.66. The topological polar surface area (TPSA) is 66.8 Å². The Bertz CT molecular complexity index is 427. The van der Waals surface area contributed by atoms with Crippen LogP contribution in [0.5, 0.6) is 5.75 Å². The van der Waals surface area contributed by atoms with Crippen molar-refractivity contribution in [3.63, 3.8) is 0 Å². The number of aliphatic carboxylic acids is 1. The highest BCUT2D eigenvalue weighted by molar-refractivity contribution is 5.97. The number of carbonyl (C=O) groups is 2. The standard InChI is InChI=1S/C13H17NO4/c1-4-18-12-7-5-11(6-8-12)14(10(3)15)9(2)13(16)17/h5-9H,4H2,1-3H3,(H,16,17)/t9-/m0/s1. The third kappa shape index (κ3) is 3.23. The fourth-order valence-electron chi connectivity index (χ4n) is 1.66. The Balaban J connectivity index is 2.99. The van der Waals surface area contributed by atoms with Gasteiger partial charge in [-0.05, 0) is 38.1 Å². The van der Waals surface area contributed by atoms with Crippen LogP contribution in [0.2, 0.25) is 0 Å². The molecule has 0 saturated heterocycles. The molecule has 1 amide bonds. The Morgan fingerprint density at radius 1 is 1.33 bits per heavy atom. The van der Waals surface area contributed by atoms with Crippen LogP contribution >= 0.6 is 0 Å². The second kappa shape index (κ2) is 6.05. The van der Waals surface area contributed by atoms with E-state index in [4.69, 9.17) is 9.84 Å². The number of carboxylic acid groups (broad SMARTS) is 1. The molecule has 0 radical (unpaired) electrons. The molecule has 5 nitrogen and oxygen atoms in total. The summed E-state index contributed by atoms with van der Waals surface area (Å²) < 4.78 is 5.29. The Morgan fingerprint density at radius 2 is 1.89 bits per heavy atom. The molecule has 0 aliphatic carbocycles. The van der Waals surface area contributed by atoms with Gasteiger partial charge in [0.25, 0.3) is 0 Å². The van der Waals surface area contributed by atoms with E-state index in [-0.39, 0.29) is 5.91 Å². The van der Waals surface area contributed by atoms with Crippen molar-refractivity contribution in [3.05, 3.63) is 24.3 Å². The van der Waals surface area contributed by atoms with Gasteiger partial charge in [0.15, 0.2) is 0 Å². The third-order valence-electron chi connectivity index (χ3n) is 2.51. The lowest BCUT2D eigenvalue weighted by atomic mass is 10.2. The number of benzene rings is 1. The number of anilines is 1. The summed E-state index contributed by atoms with van der Waals surface area (Å²) in [4.78, 5) is 23.7. The van der Waals surface area contributed by atoms with E-state index in [0.29, 0.717) is 18.0 Å². The maximum Gasteiger partial charge on any atom is 0.326 e. The zero-order chi connectivity index (χ0) is 13.7. The van der Waals surface area contributed by atoms with Crippen LogP contribution in [0.15, 0.2) is 24.3 Å². The lowest BCUT2D eigenvalue weighted by Gasteiger charge is -2.25. The predicted molar refractivity (Wildman–Crippen MR) is 67.9 cm³/mol. The van der Waals surface area contributed by atoms with E-state index >= 15 is 0 Å². The quantitative estimate of drug-likeness (QED) is 0.868. The molecule has 0 heterocycles. The highest BCUT2D eigenvalue weighted by Gasteiger charge is 2.24. The molecule has 0 unspecified atom stereocenters. The highest BCUT2D eigenvalue weighted by atomic mass is 16.5. The second-order valence-electron chi connectivity index (χ2n) is 3.83. The van der Waals surface area contributed by atoms with E-state index in [0.717, 1.165) is 0 Å². The van der Waals surface area contributed by atoms with Crippen molar-refractivity contribution in [2.45, 2.75) is 26.8 Å². The third-order valence-corrected chi connectivity index (χ3v) is 2.51. The number of hydrogen-bond donors (Lipinski definition) is 1. The molecule has 1 atom stereocenters. The summed E-state index contributed by atoms with van der Waals surface area (Å²) in [6.07, 6.45) is 0. The van der Waals surface area contributed by atoms with Gasteiger partial charge in [0.2, 0.25) is 5.91 Å². The molecule has 0 aromatic heterocycles. The molecule has 0 saturated carbocycles. The van der Waals surface area contributed by atoms with Gasteiger partial charge in [0.1, 0.15) is 11.8 Å². The number of ether oxygens (including phenoxy) is 1. The molecular formula is C13H17NO4. The van der Waals surface area contributed by atoms with E-state index in [1.54, 1.807) is 24.3 Å². The molecule has 0 aliphatic heterocycles. The molecule has 98 valence electrons. The number of hydrogen-bond acceptors (Lipinski definition) is 3. The summed E-state index contributed by atoms with van der Waals surface area (Å²) >= 11 is 0. The van der Waals surface area contributed by atoms with E-state index in [1.165, 1.54) is 18.7 Å². The van der Waals surface area contributed by atoms with Gasteiger partial charge in [0, 0.05) is 12.6 Å². The minimum atomic E-state index is -1.04. The van der Waals surface area contributed by atoms with Crippen LogP contribution in [0.25, 0.3) is 0 Å². The molecule has 1 aromatic rings. The minimum absolute atomic E-state index is 0.311. The van der Waals surface area contributed by atoms with Crippen LogP contribution in [-0.2, 0) is 9.59 Å². The smallest absolute Gasteiger partial charge is 0.326 e. The Morgan fingerprint density at radius 3 is 2.28 bits per heavy atom. The fraction of sp³-hybridized carbons (Fsp3) is 0.385. The van der Waals surface area contributed by atoms with Crippen molar-refractivity contribution in [1.29, 1.82) is 0 Å². The molecule has 0 bridgehead atoms. The maximum absolute atomic E-state index is 11.5. The Labute approximate surface area is 106 Å². The van der Waals surface area contributed by atoms with Crippen molar-refractivity contribution < 1.29 is 19.4 Å². The molecule has 0 aliphatic rings. The molecule has 5 heteroatoms. The SMILES string of the molecule is CCOc1ccc(N(C(C)=O)[C@@H](C)C(=O)O)cc1. The van der Waals surface area contributed by atoms with Gasteiger partial charge in [-0.1, -0.05) is 0 Å². The zero-order valence-corrected chi connectivity index (χ0v) is 10.7. The van der Waals surface area contributed by atoms with E-state index in [1.807, 2.05) is 6.92 Å². The lowest BCUT2D eigenvalue weighted by molar-refractivity contribution is -0.139. The minimum Gasteiger partial charge on any atom is -0.494 e. The molecular weight excluding hydrogens is 234 g/mol. The summed E-state index contributed by atoms with van der Waals surface area (Å²) in [6.45, 7) is 5.25. The molecule has 1 N–H and O–H groups in total. The largest absolute Gasteiger partial charge is 0.494 e. The average molecular weight is 251 g/mol. The number of amides is 1. The number of carbonyl (C=O) groups excluding carboxylic acids is 1. The van der Waals surface area contributed by atoms with Gasteiger partial charge in [0.05, 0.1) is 6.61 Å². The predicted octanol–water partition coefficient (Wildman–Crippen LogP) is 1.91. The summed E-state index contributed by atoms with van der Waals surface area (Å²) in [5.41, 5.74) is 0.542. The summed E-state index contributed by atoms with van der Waals surface area (Å²) in [5.74, 6) is -0.666. The van der Waals surface area contributed by atoms with Crippen LogP contribution in [0, 0.1) is 0 Å². The molecule has 1 rings (SSSR count). The normalized spacial score (nSPS) is 11.7. The van der Waals surface area contributed by atoms with Gasteiger partial charge in [-0.2, -0.15) is 0 Å². The van der Waals surface area contributed by atoms with Gasteiger partial charge >= 0.3 is 5.97 Å². The lowest BCUT2D eigenvalue weighted by Crippen LogP contribution is -2.42. The summed E-state index contributed by atoms with van der Waals surface area (Å²) in [6, 6.07) is 5.87. The first kappa shape index (κ1) is 14.0. The number of rotatable bonds is 5. The maximum atomic E-state index is 11.5. The highest BCUT2D eigenvalue weighted by Crippen LogP contribution is 2.21. The van der Waals surface area contributed by atoms with Gasteiger partial charge in [-0.25, -0.2) is 4.79 Å². The molecule has 18 heavy (non-hydrogen) atoms. The monoisotopic (exact) mass is 251 g/mol. The molecule has 0 fully saturated rings. The van der Waals surface area contributed by atoms with Crippen LogP contribution in [0.1, 0.15) is 20.8 Å². The molecule has 1 aromatic carbocycles. The van der Waals surface area contributed by atoms with E-state index in [9.17, 15) is 9.59 Å². The van der Waals surface area contributed by atoms with Crippen LogP contribution in [0.4, 0.5) is 5.69 Å². The molecule has 0 spiro atoms. The van der Waals surface area contributed by atoms with Gasteiger partial charge < -0.3 is 9.84 Å². The van der Waals surface area contributed by atoms with Gasteiger partial charge in [-0.15, -0.1) is 0 Å². The van der Waals surface area contributed by atoms with Crippen molar-refractivity contribution >= 4 is 17.6 Å². The van der Waals surface area contributed by atoms with Crippen LogP contribution < -0.4 is 9.64 Å². The van der Waals surface area contributed by atoms with Crippen molar-refractivity contribution in [3.8, 4) is 5.75 Å². The van der Waals surface area contributed by atoms with E-state index in [2.05, 4.69) is 0 Å². The van der Waals surface area contributed by atoms with Crippen molar-refractivity contribution in [2.24, 2.45) is 0 Å².